The van der Waals surface area contributed by atoms with Crippen LogP contribution in [0.25, 0.3) is 0 Å². The average molecular weight is 234 g/mol. The Morgan fingerprint density at radius 2 is 2.06 bits per heavy atom. The summed E-state index contributed by atoms with van der Waals surface area (Å²) in [4.78, 5) is 0. The van der Waals surface area contributed by atoms with Crippen LogP contribution in [0.4, 0.5) is 0 Å². The van der Waals surface area contributed by atoms with Crippen LogP contribution < -0.4 is 16.0 Å². The third kappa shape index (κ3) is 4.59. The second kappa shape index (κ2) is 7.09. The first-order valence-electron chi connectivity index (χ1n) is 6.00. The molecule has 0 aliphatic carbocycles. The largest absolute Gasteiger partial charge is 0.494 e. The number of rotatable bonds is 7. The maximum Gasteiger partial charge on any atom is 0.119 e. The van der Waals surface area contributed by atoms with Gasteiger partial charge in [0.1, 0.15) is 5.75 Å². The molecule has 0 bridgehead atoms. The van der Waals surface area contributed by atoms with Gasteiger partial charge in [0, 0.05) is 6.04 Å². The molecule has 0 spiro atoms. The van der Waals surface area contributed by atoms with E-state index in [9.17, 15) is 0 Å². The Labute approximate surface area is 104 Å². The Bertz CT molecular complexity index is 346. The molecule has 0 heterocycles. The topological polar surface area (TPSA) is 47.3 Å². The van der Waals surface area contributed by atoms with Crippen LogP contribution in [0.3, 0.4) is 0 Å². The van der Waals surface area contributed by atoms with Crippen molar-refractivity contribution in [2.24, 2.45) is 5.84 Å². The Kier molecular flexibility index (Phi) is 5.73. The summed E-state index contributed by atoms with van der Waals surface area (Å²) >= 11 is 0. The van der Waals surface area contributed by atoms with Crippen molar-refractivity contribution in [3.05, 3.63) is 42.0 Å². The van der Waals surface area contributed by atoms with Crippen molar-refractivity contribution >= 4 is 0 Å². The molecule has 0 aromatic heterocycles. The maximum absolute atomic E-state index is 5.58. The molecule has 1 atom stereocenters. The highest BCUT2D eigenvalue weighted by Crippen LogP contribution is 2.22. The van der Waals surface area contributed by atoms with E-state index in [4.69, 9.17) is 10.6 Å². The zero-order valence-electron chi connectivity index (χ0n) is 10.7. The maximum atomic E-state index is 5.58. The Morgan fingerprint density at radius 3 is 2.53 bits per heavy atom. The number of ether oxygens (including phenoxy) is 1. The number of benzene rings is 1. The number of allylic oxidation sites excluding steroid dienone is 1. The lowest BCUT2D eigenvalue weighted by Gasteiger charge is -2.16. The lowest BCUT2D eigenvalue weighted by Crippen LogP contribution is -2.27. The third-order valence-electron chi connectivity index (χ3n) is 2.65. The van der Waals surface area contributed by atoms with Crippen LogP contribution in [0.15, 0.2) is 36.4 Å². The summed E-state index contributed by atoms with van der Waals surface area (Å²) in [7, 11) is 0. The molecule has 3 heteroatoms. The quantitative estimate of drug-likeness (QED) is 0.433. The van der Waals surface area contributed by atoms with Gasteiger partial charge in [0.2, 0.25) is 0 Å². The first kappa shape index (κ1) is 13.7. The lowest BCUT2D eigenvalue weighted by molar-refractivity contribution is 0.340. The number of hydrazine groups is 1. The Hall–Kier alpha value is -1.32. The van der Waals surface area contributed by atoms with Crippen LogP contribution in [-0.4, -0.2) is 6.61 Å². The van der Waals surface area contributed by atoms with Gasteiger partial charge in [-0.05, 0) is 44.4 Å². The van der Waals surface area contributed by atoms with E-state index >= 15 is 0 Å². The smallest absolute Gasteiger partial charge is 0.119 e. The number of nitrogens with one attached hydrogen (secondary N) is 1. The Morgan fingerprint density at radius 1 is 1.41 bits per heavy atom. The van der Waals surface area contributed by atoms with E-state index in [1.807, 2.05) is 38.1 Å². The van der Waals surface area contributed by atoms with Crippen LogP contribution in [-0.2, 0) is 0 Å². The zero-order valence-corrected chi connectivity index (χ0v) is 10.7. The molecule has 0 fully saturated rings. The molecule has 1 aromatic carbocycles. The number of nitrogens with two attached hydrogens (primary N) is 1. The fourth-order valence-corrected chi connectivity index (χ4v) is 1.70. The molecule has 0 aliphatic heterocycles. The van der Waals surface area contributed by atoms with Crippen molar-refractivity contribution in [2.45, 2.75) is 32.7 Å². The van der Waals surface area contributed by atoms with Crippen LogP contribution in [0.2, 0.25) is 0 Å². The predicted octanol–water partition coefficient (Wildman–Crippen LogP) is 2.95. The van der Waals surface area contributed by atoms with Gasteiger partial charge in [0.15, 0.2) is 0 Å². The van der Waals surface area contributed by atoms with Gasteiger partial charge in [-0.2, -0.15) is 0 Å². The number of hydrogen-bond donors (Lipinski definition) is 2. The van der Waals surface area contributed by atoms with E-state index in [-0.39, 0.29) is 6.04 Å². The summed E-state index contributed by atoms with van der Waals surface area (Å²) in [6.45, 7) is 8.60. The summed E-state index contributed by atoms with van der Waals surface area (Å²) in [5.41, 5.74) is 5.20. The minimum Gasteiger partial charge on any atom is -0.494 e. The molecule has 17 heavy (non-hydrogen) atoms. The van der Waals surface area contributed by atoms with E-state index in [0.717, 1.165) is 18.6 Å². The third-order valence-corrected chi connectivity index (χ3v) is 2.65. The minimum absolute atomic E-state index is 0.169. The van der Waals surface area contributed by atoms with Gasteiger partial charge in [-0.15, -0.1) is 6.58 Å². The van der Waals surface area contributed by atoms with E-state index in [0.29, 0.717) is 6.61 Å². The van der Waals surface area contributed by atoms with E-state index in [1.165, 1.54) is 11.1 Å². The first-order valence-corrected chi connectivity index (χ1v) is 6.00. The van der Waals surface area contributed by atoms with Crippen molar-refractivity contribution in [3.63, 3.8) is 0 Å². The Balaban J connectivity index is 2.64. The van der Waals surface area contributed by atoms with Crippen molar-refractivity contribution < 1.29 is 4.74 Å². The van der Waals surface area contributed by atoms with Gasteiger partial charge in [-0.1, -0.05) is 17.7 Å². The van der Waals surface area contributed by atoms with Gasteiger partial charge in [0.25, 0.3) is 0 Å². The molecule has 94 valence electrons. The van der Waals surface area contributed by atoms with E-state index in [2.05, 4.69) is 12.0 Å². The second-order valence-corrected chi connectivity index (χ2v) is 4.22. The number of hydrogen-bond acceptors (Lipinski definition) is 3. The minimum atomic E-state index is 0.169. The second-order valence-electron chi connectivity index (χ2n) is 4.22. The van der Waals surface area contributed by atoms with E-state index < -0.39 is 0 Å². The van der Waals surface area contributed by atoms with Crippen LogP contribution >= 0.6 is 0 Å². The van der Waals surface area contributed by atoms with Crippen LogP contribution in [0.1, 0.15) is 38.3 Å². The summed E-state index contributed by atoms with van der Waals surface area (Å²) < 4.78 is 5.41. The highest BCUT2D eigenvalue weighted by molar-refractivity contribution is 5.29. The van der Waals surface area contributed by atoms with Gasteiger partial charge in [0.05, 0.1) is 6.61 Å². The van der Waals surface area contributed by atoms with Crippen molar-refractivity contribution in [3.8, 4) is 5.75 Å². The predicted molar refractivity (Wildman–Crippen MR) is 71.7 cm³/mol. The van der Waals surface area contributed by atoms with E-state index in [1.54, 1.807) is 0 Å². The first-order chi connectivity index (χ1) is 8.17. The van der Waals surface area contributed by atoms with Crippen molar-refractivity contribution in [1.29, 1.82) is 0 Å². The average Bonchev–Trinajstić information content (AvgIpc) is 2.32. The van der Waals surface area contributed by atoms with Gasteiger partial charge in [-0.3, -0.25) is 11.3 Å². The molecule has 3 N–H and O–H groups in total. The summed E-state index contributed by atoms with van der Waals surface area (Å²) in [5, 5.41) is 0. The molecule has 0 amide bonds. The molecule has 3 nitrogen and oxygen atoms in total. The summed E-state index contributed by atoms with van der Waals surface area (Å²) in [5.74, 6) is 6.47. The van der Waals surface area contributed by atoms with Gasteiger partial charge in [-0.25, -0.2) is 0 Å². The van der Waals surface area contributed by atoms with Crippen molar-refractivity contribution in [1.82, 2.24) is 5.43 Å². The van der Waals surface area contributed by atoms with Crippen molar-refractivity contribution in [2.75, 3.05) is 6.61 Å². The zero-order chi connectivity index (χ0) is 12.7. The highest BCUT2D eigenvalue weighted by Gasteiger charge is 2.09. The van der Waals surface area contributed by atoms with Crippen LogP contribution in [0, 0.1) is 0 Å². The normalized spacial score (nSPS) is 12.2. The summed E-state index contributed by atoms with van der Waals surface area (Å²) in [6, 6.07) is 8.22. The molecule has 1 rings (SSSR count). The molecule has 1 aromatic rings. The molecule has 1 unspecified atom stereocenters. The molecular formula is C14H22N2O. The molecule has 0 saturated heterocycles. The standard InChI is InChI=1S/C14H22N2O/c1-4-17-13-8-6-12(7-9-13)14(16-15)10-5-11(2)3/h6-9,14,16H,2,4-5,10,15H2,1,3H3. The fourth-order valence-electron chi connectivity index (χ4n) is 1.70. The fraction of sp³-hybridized carbons (Fsp3) is 0.429. The molecule has 0 saturated carbocycles. The van der Waals surface area contributed by atoms with Gasteiger partial charge < -0.3 is 4.74 Å². The summed E-state index contributed by atoms with van der Waals surface area (Å²) in [6.07, 6.45) is 1.93. The monoisotopic (exact) mass is 234 g/mol. The SMILES string of the molecule is C=C(C)CCC(NN)c1ccc(OCC)cc1. The molecular weight excluding hydrogens is 212 g/mol. The lowest BCUT2D eigenvalue weighted by atomic mass is 10.0. The molecule has 0 radical (unpaired) electrons. The van der Waals surface area contributed by atoms with Crippen LogP contribution in [0.5, 0.6) is 5.75 Å². The highest BCUT2D eigenvalue weighted by atomic mass is 16.5. The molecule has 0 aliphatic rings. The van der Waals surface area contributed by atoms with Gasteiger partial charge >= 0.3 is 0 Å².